The minimum absolute atomic E-state index is 0.0807. The van der Waals surface area contributed by atoms with Crippen LogP contribution in [0, 0.1) is 0 Å². The highest BCUT2D eigenvalue weighted by atomic mass is 32.2. The van der Waals surface area contributed by atoms with E-state index in [9.17, 15) is 13.2 Å². The van der Waals surface area contributed by atoms with Crippen LogP contribution in [0.1, 0.15) is 35.6 Å². The molecule has 0 aromatic heterocycles. The fraction of sp³-hybridized carbons (Fsp3) is 0.269. The molecule has 0 aliphatic heterocycles. The second-order valence-corrected chi connectivity index (χ2v) is 10.0. The van der Waals surface area contributed by atoms with E-state index >= 15 is 0 Å². The highest BCUT2D eigenvalue weighted by Gasteiger charge is 2.28. The van der Waals surface area contributed by atoms with Gasteiger partial charge in [0, 0.05) is 6.54 Å². The van der Waals surface area contributed by atoms with E-state index < -0.39 is 10.0 Å². The SMILES string of the molecule is O=C(CN(CCc1ccccc1)S(=O)(=O)c1ccccc1)N[C@@H]1CCCc2ccccc21. The first-order chi connectivity index (χ1) is 15.5. The fourth-order valence-corrected chi connectivity index (χ4v) is 5.65. The number of nitrogens with zero attached hydrogens (tertiary/aromatic N) is 1. The molecular formula is C26H28N2O3S. The quantitative estimate of drug-likeness (QED) is 0.564. The van der Waals surface area contributed by atoms with Gasteiger partial charge < -0.3 is 5.32 Å². The number of amides is 1. The van der Waals surface area contributed by atoms with Crippen molar-refractivity contribution >= 4 is 15.9 Å². The molecule has 166 valence electrons. The molecule has 1 N–H and O–H groups in total. The largest absolute Gasteiger partial charge is 0.348 e. The summed E-state index contributed by atoms with van der Waals surface area (Å²) in [7, 11) is -3.80. The van der Waals surface area contributed by atoms with E-state index in [2.05, 4.69) is 11.4 Å². The van der Waals surface area contributed by atoms with E-state index in [-0.39, 0.29) is 29.9 Å². The van der Waals surface area contributed by atoms with Gasteiger partial charge in [-0.05, 0) is 54.5 Å². The molecule has 5 nitrogen and oxygen atoms in total. The summed E-state index contributed by atoms with van der Waals surface area (Å²) in [5, 5.41) is 3.08. The summed E-state index contributed by atoms with van der Waals surface area (Å²) >= 11 is 0. The smallest absolute Gasteiger partial charge is 0.243 e. The molecule has 3 aromatic rings. The van der Waals surface area contributed by atoms with Gasteiger partial charge in [0.15, 0.2) is 0 Å². The van der Waals surface area contributed by atoms with E-state index in [1.54, 1.807) is 30.3 Å². The Hall–Kier alpha value is -2.96. The molecular weight excluding hydrogens is 420 g/mol. The number of nitrogens with one attached hydrogen (secondary N) is 1. The topological polar surface area (TPSA) is 66.5 Å². The highest BCUT2D eigenvalue weighted by Crippen LogP contribution is 2.29. The zero-order chi connectivity index (χ0) is 22.4. The van der Waals surface area contributed by atoms with Gasteiger partial charge in [-0.25, -0.2) is 8.42 Å². The Morgan fingerprint density at radius 3 is 2.31 bits per heavy atom. The van der Waals surface area contributed by atoms with E-state index in [1.807, 2.05) is 48.5 Å². The molecule has 1 atom stereocenters. The lowest BCUT2D eigenvalue weighted by molar-refractivity contribution is -0.122. The van der Waals surface area contributed by atoms with Gasteiger partial charge in [-0.15, -0.1) is 0 Å². The van der Waals surface area contributed by atoms with Crippen LogP contribution in [0.25, 0.3) is 0 Å². The van der Waals surface area contributed by atoms with Crippen molar-refractivity contribution in [1.29, 1.82) is 0 Å². The summed E-state index contributed by atoms with van der Waals surface area (Å²) in [6.45, 7) is 0.0264. The molecule has 0 radical (unpaired) electrons. The molecule has 6 heteroatoms. The van der Waals surface area contributed by atoms with Gasteiger partial charge in [-0.3, -0.25) is 4.79 Å². The lowest BCUT2D eigenvalue weighted by atomic mass is 9.88. The monoisotopic (exact) mass is 448 g/mol. The first kappa shape index (κ1) is 22.2. The maximum absolute atomic E-state index is 13.3. The van der Waals surface area contributed by atoms with Crippen LogP contribution < -0.4 is 5.32 Å². The van der Waals surface area contributed by atoms with Crippen molar-refractivity contribution in [2.24, 2.45) is 0 Å². The lowest BCUT2D eigenvalue weighted by Crippen LogP contribution is -2.43. The molecule has 0 saturated heterocycles. The number of carbonyl (C=O) groups excluding carboxylic acids is 1. The Bertz CT molecular complexity index is 1150. The van der Waals surface area contributed by atoms with Crippen molar-refractivity contribution in [1.82, 2.24) is 9.62 Å². The van der Waals surface area contributed by atoms with Gasteiger partial charge in [0.2, 0.25) is 15.9 Å². The third-order valence-electron chi connectivity index (χ3n) is 5.90. The lowest BCUT2D eigenvalue weighted by Gasteiger charge is -2.28. The number of carbonyl (C=O) groups is 1. The Balaban J connectivity index is 1.51. The summed E-state index contributed by atoms with van der Waals surface area (Å²) in [5.74, 6) is -0.278. The maximum Gasteiger partial charge on any atom is 0.243 e. The number of hydrogen-bond acceptors (Lipinski definition) is 3. The van der Waals surface area contributed by atoms with Gasteiger partial charge in [-0.1, -0.05) is 72.8 Å². The van der Waals surface area contributed by atoms with E-state index in [1.165, 1.54) is 9.87 Å². The van der Waals surface area contributed by atoms with Gasteiger partial charge >= 0.3 is 0 Å². The van der Waals surface area contributed by atoms with Crippen molar-refractivity contribution < 1.29 is 13.2 Å². The van der Waals surface area contributed by atoms with Crippen molar-refractivity contribution in [3.05, 3.63) is 102 Å². The van der Waals surface area contributed by atoms with Gasteiger partial charge in [0.25, 0.3) is 0 Å². The van der Waals surface area contributed by atoms with Crippen LogP contribution in [0.3, 0.4) is 0 Å². The number of benzene rings is 3. The Morgan fingerprint density at radius 2 is 1.56 bits per heavy atom. The number of hydrogen-bond donors (Lipinski definition) is 1. The second kappa shape index (κ2) is 10.1. The number of fused-ring (bicyclic) bond motifs is 1. The van der Waals surface area contributed by atoms with Crippen molar-refractivity contribution in [2.75, 3.05) is 13.1 Å². The summed E-state index contributed by atoms with van der Waals surface area (Å²) in [5.41, 5.74) is 3.41. The minimum atomic E-state index is -3.80. The van der Waals surface area contributed by atoms with Crippen LogP contribution in [0.2, 0.25) is 0 Å². The summed E-state index contributed by atoms with van der Waals surface area (Å²) in [6, 6.07) is 26.1. The molecule has 0 unspecified atom stereocenters. The van der Waals surface area contributed by atoms with Crippen LogP contribution in [-0.4, -0.2) is 31.7 Å². The maximum atomic E-state index is 13.3. The zero-order valence-corrected chi connectivity index (χ0v) is 18.8. The van der Waals surface area contributed by atoms with Crippen LogP contribution in [0.5, 0.6) is 0 Å². The van der Waals surface area contributed by atoms with Crippen molar-refractivity contribution in [3.8, 4) is 0 Å². The van der Waals surface area contributed by atoms with Crippen LogP contribution in [0.15, 0.2) is 89.8 Å². The predicted molar refractivity (Wildman–Crippen MR) is 126 cm³/mol. The first-order valence-electron chi connectivity index (χ1n) is 11.0. The molecule has 1 aliphatic carbocycles. The first-order valence-corrected chi connectivity index (χ1v) is 12.4. The summed E-state index contributed by atoms with van der Waals surface area (Å²) in [6.07, 6.45) is 3.40. The molecule has 4 rings (SSSR count). The molecule has 3 aromatic carbocycles. The highest BCUT2D eigenvalue weighted by molar-refractivity contribution is 7.89. The fourth-order valence-electron chi connectivity index (χ4n) is 4.23. The van der Waals surface area contributed by atoms with E-state index in [0.29, 0.717) is 6.42 Å². The van der Waals surface area contributed by atoms with Crippen LogP contribution in [-0.2, 0) is 27.7 Å². The predicted octanol–water partition coefficient (Wildman–Crippen LogP) is 4.11. The van der Waals surface area contributed by atoms with E-state index in [4.69, 9.17) is 0 Å². The minimum Gasteiger partial charge on any atom is -0.348 e. The molecule has 0 bridgehead atoms. The molecule has 1 amide bonds. The third-order valence-corrected chi connectivity index (χ3v) is 7.76. The normalized spacial score (nSPS) is 15.8. The van der Waals surface area contributed by atoms with Gasteiger partial charge in [0.1, 0.15) is 0 Å². The summed E-state index contributed by atoms with van der Waals surface area (Å²) in [4.78, 5) is 13.2. The standard InChI is InChI=1S/C26H28N2O3S/c29-26(27-25-17-9-13-22-12-7-8-16-24(22)25)20-28(19-18-21-10-3-1-4-11-21)32(30,31)23-14-5-2-6-15-23/h1-8,10-12,14-16,25H,9,13,17-20H2,(H,27,29)/t25-/m1/s1. The third kappa shape index (κ3) is 5.26. The molecule has 0 heterocycles. The molecule has 0 fully saturated rings. The molecule has 1 aliphatic rings. The number of aryl methyl sites for hydroxylation is 1. The molecule has 0 spiro atoms. The Morgan fingerprint density at radius 1 is 0.906 bits per heavy atom. The van der Waals surface area contributed by atoms with Gasteiger partial charge in [-0.2, -0.15) is 4.31 Å². The van der Waals surface area contributed by atoms with Crippen molar-refractivity contribution in [3.63, 3.8) is 0 Å². The summed E-state index contributed by atoms with van der Waals surface area (Å²) < 4.78 is 27.9. The van der Waals surface area contributed by atoms with Crippen molar-refractivity contribution in [2.45, 2.75) is 36.6 Å². The second-order valence-electron chi connectivity index (χ2n) is 8.10. The Labute approximate surface area is 190 Å². The Kier molecular flexibility index (Phi) is 7.02. The number of rotatable bonds is 8. The number of sulfonamides is 1. The zero-order valence-electron chi connectivity index (χ0n) is 18.0. The average Bonchev–Trinajstić information content (AvgIpc) is 2.83. The molecule has 0 saturated carbocycles. The van der Waals surface area contributed by atoms with Gasteiger partial charge in [0.05, 0.1) is 17.5 Å². The van der Waals surface area contributed by atoms with Crippen LogP contribution in [0.4, 0.5) is 0 Å². The van der Waals surface area contributed by atoms with Crippen LogP contribution >= 0.6 is 0 Å². The van der Waals surface area contributed by atoms with E-state index in [0.717, 1.165) is 30.4 Å². The average molecular weight is 449 g/mol. The molecule has 32 heavy (non-hydrogen) atoms.